The number of pyridine rings is 1. The standard InChI is InChI=1S/C13H13ClN4S/c1-8-5-11(19-9(8)2)6-15-13-16-12-4-3-10(14)7-18(12)17-13/h3-5,7H,6H2,1-2H3,(H,15,17). The fourth-order valence-corrected chi connectivity index (χ4v) is 2.98. The van der Waals surface area contributed by atoms with E-state index in [1.807, 2.05) is 6.07 Å². The molecular weight excluding hydrogens is 280 g/mol. The molecule has 0 aromatic carbocycles. The minimum atomic E-state index is 0.617. The van der Waals surface area contributed by atoms with Gasteiger partial charge in [0.2, 0.25) is 5.95 Å². The smallest absolute Gasteiger partial charge is 0.243 e. The van der Waals surface area contributed by atoms with Crippen LogP contribution in [0.5, 0.6) is 0 Å². The molecule has 0 aliphatic heterocycles. The molecule has 4 nitrogen and oxygen atoms in total. The zero-order valence-corrected chi connectivity index (χ0v) is 12.2. The minimum absolute atomic E-state index is 0.617. The number of hydrogen-bond donors (Lipinski definition) is 1. The molecule has 3 aromatic rings. The Kier molecular flexibility index (Phi) is 3.16. The van der Waals surface area contributed by atoms with Crippen molar-refractivity contribution in [3.05, 3.63) is 44.7 Å². The molecule has 19 heavy (non-hydrogen) atoms. The van der Waals surface area contributed by atoms with Crippen molar-refractivity contribution in [1.82, 2.24) is 14.6 Å². The molecule has 0 bridgehead atoms. The van der Waals surface area contributed by atoms with Gasteiger partial charge in [-0.1, -0.05) is 11.6 Å². The average molecular weight is 293 g/mol. The van der Waals surface area contributed by atoms with Crippen molar-refractivity contribution < 1.29 is 0 Å². The monoisotopic (exact) mass is 292 g/mol. The van der Waals surface area contributed by atoms with Crippen molar-refractivity contribution in [1.29, 1.82) is 0 Å². The van der Waals surface area contributed by atoms with Crippen LogP contribution in [-0.4, -0.2) is 14.6 Å². The Balaban J connectivity index is 1.78. The predicted octanol–water partition coefficient (Wildman–Crippen LogP) is 3.67. The van der Waals surface area contributed by atoms with Gasteiger partial charge in [0, 0.05) is 16.0 Å². The Morgan fingerprint density at radius 2 is 2.21 bits per heavy atom. The molecule has 0 unspecified atom stereocenters. The van der Waals surface area contributed by atoms with Gasteiger partial charge in [-0.05, 0) is 37.6 Å². The first-order valence-electron chi connectivity index (χ1n) is 5.93. The van der Waals surface area contributed by atoms with E-state index in [9.17, 15) is 0 Å². The van der Waals surface area contributed by atoms with E-state index in [2.05, 4.69) is 35.3 Å². The van der Waals surface area contributed by atoms with Crippen LogP contribution in [0.15, 0.2) is 24.4 Å². The third-order valence-corrected chi connectivity index (χ3v) is 4.31. The first-order valence-corrected chi connectivity index (χ1v) is 7.13. The normalized spacial score (nSPS) is 11.1. The average Bonchev–Trinajstić information content (AvgIpc) is 2.90. The summed E-state index contributed by atoms with van der Waals surface area (Å²) in [5, 5.41) is 8.21. The fourth-order valence-electron chi connectivity index (χ4n) is 1.84. The quantitative estimate of drug-likeness (QED) is 0.801. The number of halogens is 1. The van der Waals surface area contributed by atoms with Crippen LogP contribution in [0.1, 0.15) is 15.3 Å². The van der Waals surface area contributed by atoms with Gasteiger partial charge in [-0.25, -0.2) is 4.52 Å². The number of thiophene rings is 1. The molecule has 0 spiro atoms. The summed E-state index contributed by atoms with van der Waals surface area (Å²) in [7, 11) is 0. The van der Waals surface area contributed by atoms with Crippen molar-refractivity contribution >= 4 is 34.5 Å². The van der Waals surface area contributed by atoms with Crippen molar-refractivity contribution in [2.75, 3.05) is 5.32 Å². The summed E-state index contributed by atoms with van der Waals surface area (Å²) in [5.41, 5.74) is 2.11. The number of nitrogens with zero attached hydrogens (tertiary/aromatic N) is 3. The highest BCUT2D eigenvalue weighted by Gasteiger charge is 2.05. The van der Waals surface area contributed by atoms with E-state index >= 15 is 0 Å². The van der Waals surface area contributed by atoms with Crippen molar-refractivity contribution in [2.45, 2.75) is 20.4 Å². The molecule has 0 atom stereocenters. The summed E-state index contributed by atoms with van der Waals surface area (Å²) in [4.78, 5) is 7.02. The molecule has 0 aliphatic carbocycles. The maximum absolute atomic E-state index is 5.91. The second-order valence-corrected chi connectivity index (χ2v) is 6.17. The maximum atomic E-state index is 5.91. The Bertz CT molecular complexity index is 712. The largest absolute Gasteiger partial charge is 0.348 e. The first-order chi connectivity index (χ1) is 9.11. The highest BCUT2D eigenvalue weighted by Crippen LogP contribution is 2.21. The van der Waals surface area contributed by atoms with Crippen LogP contribution in [0.2, 0.25) is 5.02 Å². The summed E-state index contributed by atoms with van der Waals surface area (Å²) < 4.78 is 1.68. The third-order valence-electron chi connectivity index (χ3n) is 2.93. The molecule has 0 saturated heterocycles. The lowest BCUT2D eigenvalue weighted by molar-refractivity contribution is 0.952. The summed E-state index contributed by atoms with van der Waals surface area (Å²) in [6, 6.07) is 5.85. The van der Waals surface area contributed by atoms with Gasteiger partial charge in [0.05, 0.1) is 11.6 Å². The lowest BCUT2D eigenvalue weighted by Crippen LogP contribution is -1.99. The van der Waals surface area contributed by atoms with Crippen molar-refractivity contribution in [3.63, 3.8) is 0 Å². The van der Waals surface area contributed by atoms with Gasteiger partial charge in [-0.3, -0.25) is 0 Å². The molecular formula is C13H13ClN4S. The molecule has 0 radical (unpaired) electrons. The lowest BCUT2D eigenvalue weighted by atomic mass is 10.3. The third kappa shape index (κ3) is 2.57. The second-order valence-electron chi connectivity index (χ2n) is 4.39. The van der Waals surface area contributed by atoms with E-state index in [4.69, 9.17) is 11.6 Å². The predicted molar refractivity (Wildman–Crippen MR) is 79.1 cm³/mol. The van der Waals surface area contributed by atoms with Gasteiger partial charge in [0.25, 0.3) is 0 Å². The molecule has 3 rings (SSSR count). The Labute approximate surface area is 120 Å². The van der Waals surface area contributed by atoms with E-state index in [1.165, 1.54) is 15.3 Å². The van der Waals surface area contributed by atoms with E-state index in [-0.39, 0.29) is 0 Å². The highest BCUT2D eigenvalue weighted by atomic mass is 35.5. The fraction of sp³-hybridized carbons (Fsp3) is 0.231. The summed E-state index contributed by atoms with van der Waals surface area (Å²) in [6.07, 6.45) is 1.74. The van der Waals surface area contributed by atoms with Crippen LogP contribution >= 0.6 is 22.9 Å². The second kappa shape index (κ2) is 4.83. The van der Waals surface area contributed by atoms with E-state index in [0.29, 0.717) is 11.0 Å². The molecule has 1 N–H and O–H groups in total. The van der Waals surface area contributed by atoms with Gasteiger partial charge in [0.15, 0.2) is 5.65 Å². The van der Waals surface area contributed by atoms with Crippen LogP contribution in [-0.2, 0) is 6.54 Å². The molecule has 98 valence electrons. The van der Waals surface area contributed by atoms with Gasteiger partial charge in [-0.2, -0.15) is 4.98 Å². The number of fused-ring (bicyclic) bond motifs is 1. The molecule has 0 fully saturated rings. The maximum Gasteiger partial charge on any atom is 0.243 e. The van der Waals surface area contributed by atoms with Crippen LogP contribution in [0, 0.1) is 13.8 Å². The van der Waals surface area contributed by atoms with Crippen LogP contribution in [0.4, 0.5) is 5.95 Å². The molecule has 0 saturated carbocycles. The Morgan fingerprint density at radius 1 is 1.37 bits per heavy atom. The summed E-state index contributed by atoms with van der Waals surface area (Å²) in [5.74, 6) is 0.617. The first kappa shape index (κ1) is 12.4. The lowest BCUT2D eigenvalue weighted by Gasteiger charge is -1.97. The Hall–Kier alpha value is -1.59. The topological polar surface area (TPSA) is 42.2 Å². The number of rotatable bonds is 3. The van der Waals surface area contributed by atoms with Gasteiger partial charge in [-0.15, -0.1) is 16.4 Å². The van der Waals surface area contributed by atoms with Crippen LogP contribution in [0.25, 0.3) is 5.65 Å². The van der Waals surface area contributed by atoms with Gasteiger partial charge >= 0.3 is 0 Å². The Morgan fingerprint density at radius 3 is 2.95 bits per heavy atom. The highest BCUT2D eigenvalue weighted by molar-refractivity contribution is 7.12. The van der Waals surface area contributed by atoms with E-state index in [0.717, 1.165) is 12.2 Å². The van der Waals surface area contributed by atoms with E-state index < -0.39 is 0 Å². The number of anilines is 1. The number of hydrogen-bond acceptors (Lipinski definition) is 4. The van der Waals surface area contributed by atoms with Crippen molar-refractivity contribution in [3.8, 4) is 0 Å². The molecule has 3 aromatic heterocycles. The van der Waals surface area contributed by atoms with Crippen molar-refractivity contribution in [2.24, 2.45) is 0 Å². The van der Waals surface area contributed by atoms with E-state index in [1.54, 1.807) is 28.1 Å². The molecule has 6 heteroatoms. The molecule has 0 amide bonds. The summed E-state index contributed by atoms with van der Waals surface area (Å²) >= 11 is 7.71. The number of aromatic nitrogens is 3. The number of nitrogens with one attached hydrogen (secondary N) is 1. The number of aryl methyl sites for hydroxylation is 2. The van der Waals surface area contributed by atoms with Crippen LogP contribution in [0.3, 0.4) is 0 Å². The van der Waals surface area contributed by atoms with Gasteiger partial charge in [0.1, 0.15) is 0 Å². The van der Waals surface area contributed by atoms with Gasteiger partial charge < -0.3 is 5.32 Å². The zero-order valence-electron chi connectivity index (χ0n) is 10.6. The summed E-state index contributed by atoms with van der Waals surface area (Å²) in [6.45, 7) is 5.00. The minimum Gasteiger partial charge on any atom is -0.348 e. The zero-order chi connectivity index (χ0) is 13.4. The molecule has 3 heterocycles. The SMILES string of the molecule is Cc1cc(CNc2nc3ccc(Cl)cn3n2)sc1C. The molecule has 0 aliphatic rings. The van der Waals surface area contributed by atoms with Crippen LogP contribution < -0.4 is 5.32 Å².